The van der Waals surface area contributed by atoms with E-state index in [0.717, 1.165) is 119 Å². The number of hydrogen-bond acceptors (Lipinski definition) is 9. The summed E-state index contributed by atoms with van der Waals surface area (Å²) < 4.78 is 37.3. The monoisotopic (exact) mass is 896 g/mol. The maximum atomic E-state index is 15.1. The van der Waals surface area contributed by atoms with Crippen LogP contribution in [0.15, 0.2) is 61.4 Å². The first-order chi connectivity index (χ1) is 31.0. The smallest absolute Gasteiger partial charge is 0.408 e. The molecule has 0 radical (unpaired) electrons. The third-order valence-corrected chi connectivity index (χ3v) is 16.6. The Labute approximate surface area is 379 Å². The molecule has 3 N–H and O–H groups in total. The Hall–Kier alpha value is -4.76. The van der Waals surface area contributed by atoms with Gasteiger partial charge in [-0.2, -0.15) is 4.72 Å². The Kier molecular flexibility index (Phi) is 13.2. The summed E-state index contributed by atoms with van der Waals surface area (Å²) in [6.45, 7) is 7.13. The molecule has 2 aromatic heterocycles. The summed E-state index contributed by atoms with van der Waals surface area (Å²) in [4.78, 5) is 64.2. The van der Waals surface area contributed by atoms with Crippen molar-refractivity contribution in [3.05, 3.63) is 67.0 Å². The fourth-order valence-electron chi connectivity index (χ4n) is 10.7. The number of alkyl carbamates (subject to hydrolysis) is 1. The first kappa shape index (κ1) is 44.4. The zero-order valence-electron chi connectivity index (χ0n) is 37.1. The summed E-state index contributed by atoms with van der Waals surface area (Å²) >= 11 is -1.62. The summed E-state index contributed by atoms with van der Waals surface area (Å²) in [5, 5.41) is 6.94. The van der Waals surface area contributed by atoms with Crippen LogP contribution in [0.2, 0.25) is 0 Å². The second kappa shape index (κ2) is 19.0. The van der Waals surface area contributed by atoms with Gasteiger partial charge >= 0.3 is 6.09 Å². The number of aromatic nitrogens is 2. The zero-order chi connectivity index (χ0) is 44.4. The number of ether oxygens (including phenoxy) is 3. The minimum Gasteiger partial charge on any atom is -0.593 e. The molecule has 8 atom stereocenters. The van der Waals surface area contributed by atoms with Crippen LogP contribution < -0.4 is 24.8 Å². The second-order valence-electron chi connectivity index (χ2n) is 19.4. The van der Waals surface area contributed by atoms with Gasteiger partial charge in [-0.15, -0.1) is 6.58 Å². The zero-order valence-corrected chi connectivity index (χ0v) is 37.9. The van der Waals surface area contributed by atoms with E-state index in [4.69, 9.17) is 19.2 Å². The van der Waals surface area contributed by atoms with Crippen LogP contribution in [0.5, 0.6) is 11.6 Å². The van der Waals surface area contributed by atoms with E-state index in [9.17, 15) is 18.9 Å². The van der Waals surface area contributed by atoms with E-state index in [1.165, 1.54) is 4.90 Å². The average Bonchev–Trinajstić information content (AvgIpc) is 3.73. The molecule has 4 heterocycles. The van der Waals surface area contributed by atoms with Gasteiger partial charge in [0.25, 0.3) is 5.91 Å². The first-order valence-corrected chi connectivity index (χ1v) is 25.0. The summed E-state index contributed by atoms with van der Waals surface area (Å²) in [5.41, 5.74) is 0.227. The van der Waals surface area contributed by atoms with Gasteiger partial charge in [-0.25, -0.2) is 9.78 Å². The van der Waals surface area contributed by atoms with Crippen molar-refractivity contribution in [2.45, 2.75) is 157 Å². The Balaban J connectivity index is 1.05. The molecular formula is C49H64N6O8S. The summed E-state index contributed by atoms with van der Waals surface area (Å²) in [6, 6.07) is 9.97. The lowest BCUT2D eigenvalue weighted by atomic mass is 9.96. The standard InChI is InChI=1S/C49H64N6O8S/c1-3-34-30-49(34,46(58)53-64(60)48(2)23-24-48)52-43(56)39-29-35-31-55(39)45(57)41(33-16-7-8-17-33)51-47(59)63-40-22-13-18-32(40)15-5-4-6-20-37-42(61-28-14-27-54-25-11-12-26-54)36-19-9-10-21-38(36)50-44(37)62-35/h3,9-12,19,21,25-26,32-35,39-41H,1,4-8,13-18,20,22-24,27-31H2,2H3,(H,51,59)(H,52,56)(H,53,58)/t32-,34-,35-,39+,40-,41+,49-,64-/m1/s1. The normalized spacial score (nSPS) is 29.8. The molecule has 4 saturated carbocycles. The van der Waals surface area contributed by atoms with Gasteiger partial charge in [-0.1, -0.05) is 43.9 Å². The van der Waals surface area contributed by atoms with Crippen molar-refractivity contribution in [2.75, 3.05) is 13.2 Å². The number of pyridine rings is 1. The number of carbonyl (C=O) groups is 4. The van der Waals surface area contributed by atoms with Gasteiger partial charge in [0.05, 0.1) is 35.6 Å². The van der Waals surface area contributed by atoms with Crippen LogP contribution in [0.3, 0.4) is 0 Å². The van der Waals surface area contributed by atoms with Gasteiger partial charge in [0.2, 0.25) is 17.7 Å². The topological polar surface area (TPSA) is 176 Å². The van der Waals surface area contributed by atoms with Crippen molar-refractivity contribution < 1.29 is 37.9 Å². The van der Waals surface area contributed by atoms with Gasteiger partial charge in [0.1, 0.15) is 40.3 Å². The van der Waals surface area contributed by atoms with E-state index in [2.05, 4.69) is 26.5 Å². The maximum Gasteiger partial charge on any atom is 0.408 e. The van der Waals surface area contributed by atoms with Crippen molar-refractivity contribution in [3.8, 4) is 11.6 Å². The Morgan fingerprint density at radius 1 is 1.00 bits per heavy atom. The van der Waals surface area contributed by atoms with Crippen molar-refractivity contribution in [1.29, 1.82) is 0 Å². The molecule has 4 aliphatic carbocycles. The molecule has 64 heavy (non-hydrogen) atoms. The molecule has 4 amide bonds. The molecule has 14 nitrogen and oxygen atoms in total. The van der Waals surface area contributed by atoms with Crippen LogP contribution in [0.1, 0.15) is 115 Å². The van der Waals surface area contributed by atoms with Crippen LogP contribution in [0.4, 0.5) is 4.79 Å². The summed E-state index contributed by atoms with van der Waals surface area (Å²) in [5.74, 6) is -0.535. The fourth-order valence-corrected chi connectivity index (χ4v) is 11.7. The number of para-hydroxylation sites is 1. The minimum absolute atomic E-state index is 0.0506. The Morgan fingerprint density at radius 2 is 1.75 bits per heavy atom. The number of benzene rings is 1. The molecule has 1 saturated heterocycles. The molecule has 1 aromatic carbocycles. The SMILES string of the molecule is C=C[C@@H]1C[C@]1(NC(=O)[C@@H]1C[C@@H]2CN1C(=O)[C@H](C1CCCC1)NC(=O)O[C@@H]1CCC[C@H]1CCCCCc1c(nc3ccccc3c1OCCCn1cccc1)O2)C(=O)N[S@+]([O-])C1(C)CC1. The number of fused-ring (bicyclic) bond motifs is 5. The largest absolute Gasteiger partial charge is 0.593 e. The second-order valence-corrected chi connectivity index (χ2v) is 21.1. The molecule has 15 heteroatoms. The molecule has 6 aliphatic rings. The highest BCUT2D eigenvalue weighted by Crippen LogP contribution is 2.47. The van der Waals surface area contributed by atoms with E-state index >= 15 is 4.79 Å². The van der Waals surface area contributed by atoms with Gasteiger partial charge in [0.15, 0.2) is 0 Å². The summed E-state index contributed by atoms with van der Waals surface area (Å²) in [6.07, 6.45) is 17.5. The molecule has 5 fully saturated rings. The molecule has 2 aliphatic heterocycles. The molecule has 0 unspecified atom stereocenters. The lowest BCUT2D eigenvalue weighted by Gasteiger charge is -2.32. The number of carbonyl (C=O) groups excluding carboxylic acids is 4. The lowest BCUT2D eigenvalue weighted by Crippen LogP contribution is -2.59. The van der Waals surface area contributed by atoms with Crippen molar-refractivity contribution in [2.24, 2.45) is 17.8 Å². The summed E-state index contributed by atoms with van der Waals surface area (Å²) in [7, 11) is 0. The van der Waals surface area contributed by atoms with Gasteiger partial charge in [0, 0.05) is 49.5 Å². The Morgan fingerprint density at radius 3 is 2.52 bits per heavy atom. The minimum atomic E-state index is -1.62. The van der Waals surface area contributed by atoms with E-state index in [0.29, 0.717) is 25.3 Å². The average molecular weight is 897 g/mol. The van der Waals surface area contributed by atoms with Crippen LogP contribution in [0, 0.1) is 17.8 Å². The molecular weight excluding hydrogens is 833 g/mol. The highest BCUT2D eigenvalue weighted by atomic mass is 32.2. The molecule has 344 valence electrons. The Bertz CT molecular complexity index is 2190. The van der Waals surface area contributed by atoms with Crippen molar-refractivity contribution >= 4 is 46.1 Å². The van der Waals surface area contributed by atoms with Crippen LogP contribution >= 0.6 is 0 Å². The van der Waals surface area contributed by atoms with E-state index < -0.39 is 57.7 Å². The maximum absolute atomic E-state index is 15.1. The van der Waals surface area contributed by atoms with Crippen LogP contribution in [-0.4, -0.2) is 90.5 Å². The predicted octanol–water partition coefficient (Wildman–Crippen LogP) is 6.82. The first-order valence-electron chi connectivity index (χ1n) is 23.8. The predicted molar refractivity (Wildman–Crippen MR) is 243 cm³/mol. The quantitative estimate of drug-likeness (QED) is 0.100. The number of nitrogens with one attached hydrogen (secondary N) is 3. The van der Waals surface area contributed by atoms with Gasteiger partial charge in [-0.3, -0.25) is 14.4 Å². The van der Waals surface area contributed by atoms with E-state index in [1.807, 2.05) is 55.7 Å². The number of nitrogens with zero attached hydrogens (tertiary/aromatic N) is 3. The van der Waals surface area contributed by atoms with Gasteiger partial charge in [-0.05, 0) is 107 Å². The van der Waals surface area contributed by atoms with Crippen LogP contribution in [0.25, 0.3) is 10.9 Å². The molecule has 2 bridgehead atoms. The third-order valence-electron chi connectivity index (χ3n) is 14.9. The molecule has 3 aromatic rings. The third kappa shape index (κ3) is 9.47. The molecule has 9 rings (SSSR count). The van der Waals surface area contributed by atoms with Crippen molar-refractivity contribution in [1.82, 2.24) is 29.8 Å². The lowest BCUT2D eigenvalue weighted by molar-refractivity contribution is -0.142. The van der Waals surface area contributed by atoms with E-state index in [1.54, 1.807) is 6.08 Å². The number of amides is 4. The highest BCUT2D eigenvalue weighted by molar-refractivity contribution is 7.91. The van der Waals surface area contributed by atoms with Crippen LogP contribution in [-0.2, 0) is 43.4 Å². The molecule has 0 spiro atoms. The number of hydrogen-bond donors (Lipinski definition) is 3. The highest BCUT2D eigenvalue weighted by Gasteiger charge is 2.63. The van der Waals surface area contributed by atoms with Gasteiger partial charge < -0.3 is 38.9 Å². The number of rotatable bonds is 12. The fraction of sp³-hybridized carbons (Fsp3) is 0.612. The van der Waals surface area contributed by atoms with E-state index in [-0.39, 0.29) is 42.7 Å². The van der Waals surface area contributed by atoms with Crippen molar-refractivity contribution in [3.63, 3.8) is 0 Å². The number of aryl methyl sites for hydroxylation is 1.